The number of carbonyl (C=O) groups is 2. The SMILES string of the molecule is CCNC(=O)C(=O)N(CC)CCc1ccncc1. The highest BCUT2D eigenvalue weighted by Crippen LogP contribution is 2.00. The standard InChI is InChI=1S/C13H19N3O2/c1-3-15-12(17)13(18)16(4-2)10-7-11-5-8-14-9-6-11/h5-6,8-9H,3-4,7,10H2,1-2H3,(H,15,17). The summed E-state index contributed by atoms with van der Waals surface area (Å²) in [6, 6.07) is 3.81. The third-order valence-electron chi connectivity index (χ3n) is 2.62. The smallest absolute Gasteiger partial charge is 0.311 e. The molecule has 1 heterocycles. The monoisotopic (exact) mass is 249 g/mol. The molecule has 0 radical (unpaired) electrons. The van der Waals surface area contributed by atoms with Gasteiger partial charge in [-0.3, -0.25) is 14.6 Å². The van der Waals surface area contributed by atoms with Crippen LogP contribution in [0.3, 0.4) is 0 Å². The van der Waals surface area contributed by atoms with Gasteiger partial charge in [-0.05, 0) is 38.0 Å². The van der Waals surface area contributed by atoms with Gasteiger partial charge in [0.25, 0.3) is 0 Å². The first-order valence-electron chi connectivity index (χ1n) is 6.15. The Morgan fingerprint density at radius 1 is 1.28 bits per heavy atom. The number of rotatable bonds is 5. The van der Waals surface area contributed by atoms with Gasteiger partial charge < -0.3 is 10.2 Å². The van der Waals surface area contributed by atoms with Crippen molar-refractivity contribution in [2.75, 3.05) is 19.6 Å². The fourth-order valence-corrected chi connectivity index (χ4v) is 1.60. The summed E-state index contributed by atoms with van der Waals surface area (Å²) >= 11 is 0. The van der Waals surface area contributed by atoms with Crippen molar-refractivity contribution in [3.63, 3.8) is 0 Å². The van der Waals surface area contributed by atoms with Crippen LogP contribution in [0.1, 0.15) is 19.4 Å². The number of carbonyl (C=O) groups excluding carboxylic acids is 2. The van der Waals surface area contributed by atoms with Crippen molar-refractivity contribution >= 4 is 11.8 Å². The molecule has 5 nitrogen and oxygen atoms in total. The second-order valence-corrected chi connectivity index (χ2v) is 3.85. The molecule has 1 aromatic heterocycles. The largest absolute Gasteiger partial charge is 0.348 e. The van der Waals surface area contributed by atoms with Crippen LogP contribution < -0.4 is 5.32 Å². The number of amides is 2. The zero-order valence-corrected chi connectivity index (χ0v) is 10.8. The van der Waals surface area contributed by atoms with E-state index in [4.69, 9.17) is 0 Å². The molecule has 98 valence electrons. The molecule has 0 aliphatic heterocycles. The van der Waals surface area contributed by atoms with Crippen molar-refractivity contribution in [2.24, 2.45) is 0 Å². The number of likely N-dealkylation sites (N-methyl/N-ethyl adjacent to an activating group) is 2. The summed E-state index contributed by atoms with van der Waals surface area (Å²) in [5.41, 5.74) is 1.10. The molecule has 0 unspecified atom stereocenters. The fourth-order valence-electron chi connectivity index (χ4n) is 1.60. The number of nitrogens with one attached hydrogen (secondary N) is 1. The summed E-state index contributed by atoms with van der Waals surface area (Å²) in [6.07, 6.45) is 4.16. The van der Waals surface area contributed by atoms with E-state index in [1.807, 2.05) is 19.1 Å². The molecule has 1 rings (SSSR count). The van der Waals surface area contributed by atoms with Gasteiger partial charge in [-0.25, -0.2) is 0 Å². The van der Waals surface area contributed by atoms with Crippen LogP contribution in [0.15, 0.2) is 24.5 Å². The van der Waals surface area contributed by atoms with Crippen LogP contribution in [0.4, 0.5) is 0 Å². The fraction of sp³-hybridized carbons (Fsp3) is 0.462. The average Bonchev–Trinajstić information content (AvgIpc) is 2.40. The molecule has 0 spiro atoms. The third-order valence-corrected chi connectivity index (χ3v) is 2.62. The number of hydrogen-bond acceptors (Lipinski definition) is 3. The molecule has 0 saturated carbocycles. The minimum atomic E-state index is -0.533. The van der Waals surface area contributed by atoms with E-state index in [-0.39, 0.29) is 0 Å². The van der Waals surface area contributed by atoms with Crippen molar-refractivity contribution in [1.29, 1.82) is 0 Å². The minimum absolute atomic E-state index is 0.464. The Balaban J connectivity index is 2.52. The number of nitrogens with zero attached hydrogens (tertiary/aromatic N) is 2. The van der Waals surface area contributed by atoms with Crippen molar-refractivity contribution in [2.45, 2.75) is 20.3 Å². The van der Waals surface area contributed by atoms with Crippen LogP contribution >= 0.6 is 0 Å². The maximum Gasteiger partial charge on any atom is 0.311 e. The van der Waals surface area contributed by atoms with E-state index < -0.39 is 11.8 Å². The third kappa shape index (κ3) is 4.16. The zero-order valence-electron chi connectivity index (χ0n) is 10.8. The summed E-state index contributed by atoms with van der Waals surface area (Å²) < 4.78 is 0. The van der Waals surface area contributed by atoms with Gasteiger partial charge in [-0.15, -0.1) is 0 Å². The second-order valence-electron chi connectivity index (χ2n) is 3.85. The number of hydrogen-bond donors (Lipinski definition) is 1. The van der Waals surface area contributed by atoms with E-state index in [0.717, 1.165) is 12.0 Å². The molecule has 0 aliphatic rings. The maximum absolute atomic E-state index is 11.8. The summed E-state index contributed by atoms with van der Waals surface area (Å²) in [6.45, 7) is 5.19. The average molecular weight is 249 g/mol. The molecule has 18 heavy (non-hydrogen) atoms. The van der Waals surface area contributed by atoms with E-state index in [0.29, 0.717) is 19.6 Å². The van der Waals surface area contributed by atoms with Crippen LogP contribution in [-0.4, -0.2) is 41.3 Å². The van der Waals surface area contributed by atoms with E-state index in [1.165, 1.54) is 0 Å². The number of pyridine rings is 1. The molecule has 1 aromatic rings. The molecule has 2 amide bonds. The Labute approximate surface area is 107 Å². The van der Waals surface area contributed by atoms with Gasteiger partial charge in [0.05, 0.1) is 0 Å². The predicted molar refractivity (Wildman–Crippen MR) is 68.9 cm³/mol. The van der Waals surface area contributed by atoms with Crippen molar-refractivity contribution < 1.29 is 9.59 Å². The molecule has 0 fully saturated rings. The van der Waals surface area contributed by atoms with Gasteiger partial charge in [0.15, 0.2) is 0 Å². The Hall–Kier alpha value is -1.91. The second kappa shape index (κ2) is 7.42. The van der Waals surface area contributed by atoms with Crippen LogP contribution in [0.2, 0.25) is 0 Å². The van der Waals surface area contributed by atoms with Crippen LogP contribution in [0.25, 0.3) is 0 Å². The minimum Gasteiger partial charge on any atom is -0.348 e. The van der Waals surface area contributed by atoms with E-state index in [9.17, 15) is 9.59 Å². The van der Waals surface area contributed by atoms with E-state index >= 15 is 0 Å². The van der Waals surface area contributed by atoms with E-state index in [1.54, 1.807) is 24.2 Å². The summed E-state index contributed by atoms with van der Waals surface area (Å²) in [7, 11) is 0. The van der Waals surface area contributed by atoms with Gasteiger partial charge >= 0.3 is 11.8 Å². The lowest BCUT2D eigenvalue weighted by molar-refractivity contribution is -0.145. The molecule has 0 bridgehead atoms. The molecule has 0 aromatic carbocycles. The quantitative estimate of drug-likeness (QED) is 0.778. The summed E-state index contributed by atoms with van der Waals surface area (Å²) in [4.78, 5) is 28.7. The Morgan fingerprint density at radius 3 is 2.50 bits per heavy atom. The Kier molecular flexibility index (Phi) is 5.84. The highest BCUT2D eigenvalue weighted by atomic mass is 16.2. The highest BCUT2D eigenvalue weighted by molar-refractivity contribution is 6.34. The van der Waals surface area contributed by atoms with Crippen LogP contribution in [0, 0.1) is 0 Å². The lowest BCUT2D eigenvalue weighted by Crippen LogP contribution is -2.43. The van der Waals surface area contributed by atoms with Crippen molar-refractivity contribution in [3.05, 3.63) is 30.1 Å². The van der Waals surface area contributed by atoms with Gasteiger partial charge in [0, 0.05) is 32.0 Å². The Morgan fingerprint density at radius 2 is 1.94 bits per heavy atom. The highest BCUT2D eigenvalue weighted by Gasteiger charge is 2.19. The zero-order chi connectivity index (χ0) is 13.4. The van der Waals surface area contributed by atoms with Gasteiger partial charge in [0.2, 0.25) is 0 Å². The van der Waals surface area contributed by atoms with E-state index in [2.05, 4.69) is 10.3 Å². The molecular formula is C13H19N3O2. The Bertz CT molecular complexity index is 392. The van der Waals surface area contributed by atoms with Gasteiger partial charge in [-0.1, -0.05) is 0 Å². The molecule has 0 aliphatic carbocycles. The van der Waals surface area contributed by atoms with Crippen LogP contribution in [0.5, 0.6) is 0 Å². The summed E-state index contributed by atoms with van der Waals surface area (Å²) in [5.74, 6) is -0.998. The molecule has 0 atom stereocenters. The first kappa shape index (κ1) is 14.2. The predicted octanol–water partition coefficient (Wildman–Crippen LogP) is 0.609. The van der Waals surface area contributed by atoms with Crippen LogP contribution in [-0.2, 0) is 16.0 Å². The van der Waals surface area contributed by atoms with Gasteiger partial charge in [0.1, 0.15) is 0 Å². The number of aromatic nitrogens is 1. The molecular weight excluding hydrogens is 230 g/mol. The lowest BCUT2D eigenvalue weighted by atomic mass is 10.2. The molecule has 0 saturated heterocycles. The first-order chi connectivity index (χ1) is 8.69. The lowest BCUT2D eigenvalue weighted by Gasteiger charge is -2.19. The van der Waals surface area contributed by atoms with Gasteiger partial charge in [-0.2, -0.15) is 0 Å². The molecule has 5 heteroatoms. The molecule has 1 N–H and O–H groups in total. The normalized spacial score (nSPS) is 9.89. The van der Waals surface area contributed by atoms with Crippen molar-refractivity contribution in [1.82, 2.24) is 15.2 Å². The first-order valence-corrected chi connectivity index (χ1v) is 6.15. The van der Waals surface area contributed by atoms with Crippen molar-refractivity contribution in [3.8, 4) is 0 Å². The summed E-state index contributed by atoms with van der Waals surface area (Å²) in [5, 5.41) is 2.52. The maximum atomic E-state index is 11.8. The topological polar surface area (TPSA) is 62.3 Å².